The molecule has 0 spiro atoms. The Bertz CT molecular complexity index is 591. The largest absolute Gasteiger partial charge is 0.477 e. The van der Waals surface area contributed by atoms with Crippen LogP contribution in [0.4, 0.5) is 0 Å². The maximum atomic E-state index is 11.0. The first-order valence-corrected chi connectivity index (χ1v) is 5.48. The summed E-state index contributed by atoms with van der Waals surface area (Å²) in [5, 5.41) is 19.4. The molecule has 5 nitrogen and oxygen atoms in total. The van der Waals surface area contributed by atoms with Crippen LogP contribution in [-0.4, -0.2) is 27.1 Å². The molecule has 0 fully saturated rings. The number of hydrogen-bond acceptors (Lipinski definition) is 4. The number of pyridine rings is 1. The third-order valence-electron chi connectivity index (χ3n) is 2.13. The molecule has 0 bridgehead atoms. The normalized spacial score (nSPS) is 10.1. The number of thiophene rings is 1. The highest BCUT2D eigenvalue weighted by atomic mass is 32.1. The van der Waals surface area contributed by atoms with Crippen LogP contribution in [0.25, 0.3) is 11.1 Å². The topological polar surface area (TPSA) is 87.5 Å². The molecule has 0 saturated carbocycles. The highest BCUT2D eigenvalue weighted by molar-refractivity contribution is 7.12. The summed E-state index contributed by atoms with van der Waals surface area (Å²) in [6.45, 7) is 0. The molecule has 6 heteroatoms. The number of carbonyl (C=O) groups is 2. The van der Waals surface area contributed by atoms with Gasteiger partial charge in [-0.15, -0.1) is 11.3 Å². The number of nitrogens with zero attached hydrogens (tertiary/aromatic N) is 1. The van der Waals surface area contributed by atoms with Crippen molar-refractivity contribution in [2.45, 2.75) is 0 Å². The lowest BCUT2D eigenvalue weighted by Crippen LogP contribution is -2.02. The van der Waals surface area contributed by atoms with Crippen molar-refractivity contribution in [3.63, 3.8) is 0 Å². The van der Waals surface area contributed by atoms with Crippen molar-refractivity contribution >= 4 is 23.3 Å². The monoisotopic (exact) mass is 249 g/mol. The van der Waals surface area contributed by atoms with Gasteiger partial charge in [-0.3, -0.25) is 0 Å². The SMILES string of the molecule is O=C(O)c1cc(-c2cccnc2C(=O)O)cs1. The molecule has 2 heterocycles. The number of carboxylic acid groups (broad SMARTS) is 2. The van der Waals surface area contributed by atoms with Crippen LogP contribution in [0, 0.1) is 0 Å². The molecule has 0 aliphatic carbocycles. The second kappa shape index (κ2) is 4.34. The summed E-state index contributed by atoms with van der Waals surface area (Å²) >= 11 is 1.05. The van der Waals surface area contributed by atoms with Crippen LogP contribution in [0.15, 0.2) is 29.8 Å². The fourth-order valence-corrected chi connectivity index (χ4v) is 2.14. The Kier molecular flexibility index (Phi) is 2.88. The zero-order valence-corrected chi connectivity index (χ0v) is 9.27. The first-order valence-electron chi connectivity index (χ1n) is 4.60. The standard InChI is InChI=1S/C11H7NO4S/c13-10(14)8-4-6(5-17-8)7-2-1-3-12-9(7)11(15)16/h1-5H,(H,13,14)(H,15,16). The summed E-state index contributed by atoms with van der Waals surface area (Å²) in [6.07, 6.45) is 1.39. The van der Waals surface area contributed by atoms with E-state index < -0.39 is 11.9 Å². The van der Waals surface area contributed by atoms with Crippen molar-refractivity contribution in [3.05, 3.63) is 40.3 Å². The van der Waals surface area contributed by atoms with E-state index in [1.807, 2.05) is 0 Å². The molecule has 86 valence electrons. The maximum absolute atomic E-state index is 11.0. The molecular formula is C11H7NO4S. The quantitative estimate of drug-likeness (QED) is 0.870. The lowest BCUT2D eigenvalue weighted by molar-refractivity contribution is 0.0685. The summed E-state index contributed by atoms with van der Waals surface area (Å²) in [6, 6.07) is 4.65. The van der Waals surface area contributed by atoms with Crippen LogP contribution in [0.1, 0.15) is 20.2 Å². The molecule has 17 heavy (non-hydrogen) atoms. The minimum Gasteiger partial charge on any atom is -0.477 e. The van der Waals surface area contributed by atoms with E-state index in [1.54, 1.807) is 17.5 Å². The minimum atomic E-state index is -1.14. The summed E-state index contributed by atoms with van der Waals surface area (Å²) in [4.78, 5) is 25.6. The molecule has 0 aliphatic rings. The zero-order chi connectivity index (χ0) is 12.4. The Morgan fingerprint density at radius 2 is 2.00 bits per heavy atom. The number of hydrogen-bond donors (Lipinski definition) is 2. The fourth-order valence-electron chi connectivity index (χ4n) is 1.40. The van der Waals surface area contributed by atoms with Gasteiger partial charge < -0.3 is 10.2 Å². The van der Waals surface area contributed by atoms with Gasteiger partial charge in [-0.05, 0) is 23.1 Å². The smallest absolute Gasteiger partial charge is 0.355 e. The minimum absolute atomic E-state index is 0.0813. The van der Waals surface area contributed by atoms with Gasteiger partial charge in [0.2, 0.25) is 0 Å². The van der Waals surface area contributed by atoms with Crippen molar-refractivity contribution < 1.29 is 19.8 Å². The number of aromatic carboxylic acids is 2. The van der Waals surface area contributed by atoms with Crippen molar-refractivity contribution in [2.75, 3.05) is 0 Å². The van der Waals surface area contributed by atoms with Crippen LogP contribution in [0.5, 0.6) is 0 Å². The van der Waals surface area contributed by atoms with Gasteiger partial charge in [0.15, 0.2) is 5.69 Å². The van der Waals surface area contributed by atoms with Crippen molar-refractivity contribution in [3.8, 4) is 11.1 Å². The maximum Gasteiger partial charge on any atom is 0.355 e. The molecule has 0 aliphatic heterocycles. The molecule has 2 aromatic rings. The van der Waals surface area contributed by atoms with Crippen molar-refractivity contribution in [2.24, 2.45) is 0 Å². The molecule has 0 atom stereocenters. The third-order valence-corrected chi connectivity index (χ3v) is 3.05. The van der Waals surface area contributed by atoms with Gasteiger partial charge in [0.05, 0.1) is 0 Å². The second-order valence-corrected chi connectivity index (χ2v) is 4.12. The predicted molar refractivity (Wildman–Crippen MR) is 61.5 cm³/mol. The summed E-state index contributed by atoms with van der Waals surface area (Å²) in [7, 11) is 0. The van der Waals surface area contributed by atoms with Gasteiger partial charge in [-0.2, -0.15) is 0 Å². The first-order chi connectivity index (χ1) is 8.09. The first kappa shape index (κ1) is 11.3. The Labute approximate surface area is 100.0 Å². The van der Waals surface area contributed by atoms with Gasteiger partial charge in [-0.1, -0.05) is 6.07 Å². The second-order valence-electron chi connectivity index (χ2n) is 3.21. The molecule has 2 rings (SSSR count). The van der Waals surface area contributed by atoms with E-state index in [9.17, 15) is 9.59 Å². The average Bonchev–Trinajstić information content (AvgIpc) is 2.78. The molecule has 0 amide bonds. The Morgan fingerprint density at radius 3 is 2.59 bits per heavy atom. The fraction of sp³-hybridized carbons (Fsp3) is 0. The third kappa shape index (κ3) is 2.16. The van der Waals surface area contributed by atoms with E-state index in [-0.39, 0.29) is 10.6 Å². The van der Waals surface area contributed by atoms with E-state index in [2.05, 4.69) is 4.98 Å². The highest BCUT2D eigenvalue weighted by Gasteiger charge is 2.15. The van der Waals surface area contributed by atoms with Gasteiger partial charge in [0.1, 0.15) is 4.88 Å². The highest BCUT2D eigenvalue weighted by Crippen LogP contribution is 2.27. The Balaban J connectivity index is 2.52. The lowest BCUT2D eigenvalue weighted by Gasteiger charge is -2.01. The summed E-state index contributed by atoms with van der Waals surface area (Å²) in [5.41, 5.74) is 0.892. The van der Waals surface area contributed by atoms with Crippen LogP contribution in [0.3, 0.4) is 0 Å². The molecule has 2 aromatic heterocycles. The number of rotatable bonds is 3. The van der Waals surface area contributed by atoms with E-state index in [0.29, 0.717) is 11.1 Å². The molecular weight excluding hydrogens is 242 g/mol. The molecule has 0 saturated heterocycles. The average molecular weight is 249 g/mol. The van der Waals surface area contributed by atoms with Crippen molar-refractivity contribution in [1.82, 2.24) is 4.98 Å². The zero-order valence-electron chi connectivity index (χ0n) is 8.45. The van der Waals surface area contributed by atoms with Gasteiger partial charge in [0.25, 0.3) is 0 Å². The lowest BCUT2D eigenvalue weighted by atomic mass is 10.1. The van der Waals surface area contributed by atoms with E-state index >= 15 is 0 Å². The van der Waals surface area contributed by atoms with Crippen LogP contribution < -0.4 is 0 Å². The Morgan fingerprint density at radius 1 is 1.24 bits per heavy atom. The van der Waals surface area contributed by atoms with Gasteiger partial charge >= 0.3 is 11.9 Å². The van der Waals surface area contributed by atoms with Crippen molar-refractivity contribution in [1.29, 1.82) is 0 Å². The van der Waals surface area contributed by atoms with Crippen LogP contribution in [-0.2, 0) is 0 Å². The molecule has 0 radical (unpaired) electrons. The summed E-state index contributed by atoms with van der Waals surface area (Å²) < 4.78 is 0. The van der Waals surface area contributed by atoms with Gasteiger partial charge in [0, 0.05) is 11.8 Å². The molecule has 0 unspecified atom stereocenters. The van der Waals surface area contributed by atoms with E-state index in [0.717, 1.165) is 11.3 Å². The number of carboxylic acids is 2. The van der Waals surface area contributed by atoms with E-state index in [1.165, 1.54) is 12.3 Å². The van der Waals surface area contributed by atoms with Gasteiger partial charge in [-0.25, -0.2) is 14.6 Å². The van der Waals surface area contributed by atoms with E-state index in [4.69, 9.17) is 10.2 Å². The van der Waals surface area contributed by atoms with Crippen LogP contribution in [0.2, 0.25) is 0 Å². The van der Waals surface area contributed by atoms with Crippen LogP contribution >= 0.6 is 11.3 Å². The molecule has 2 N–H and O–H groups in total. The molecule has 0 aromatic carbocycles. The predicted octanol–water partition coefficient (Wildman–Crippen LogP) is 2.21. The summed E-state index contributed by atoms with van der Waals surface area (Å²) in [5.74, 6) is -2.16. The Hall–Kier alpha value is -2.21. The number of aromatic nitrogens is 1.